The van der Waals surface area contributed by atoms with Crippen molar-refractivity contribution in [3.63, 3.8) is 0 Å². The molecular weight excluding hydrogens is 443 g/mol. The third kappa shape index (κ3) is 5.43. The molecule has 0 spiro atoms. The number of benzene rings is 2. The molecule has 2 fully saturated rings. The molecule has 0 saturated carbocycles. The van der Waals surface area contributed by atoms with Gasteiger partial charge in [-0.25, -0.2) is 12.8 Å². The second kappa shape index (κ2) is 10.3. The maximum atomic E-state index is 14.0. The average molecular weight is 475 g/mol. The second-order valence-corrected chi connectivity index (χ2v) is 10.5. The summed E-state index contributed by atoms with van der Waals surface area (Å²) in [5, 5.41) is 0. The van der Waals surface area contributed by atoms with Gasteiger partial charge in [0.05, 0.1) is 6.04 Å². The Morgan fingerprint density at radius 1 is 0.879 bits per heavy atom. The standard InChI is InChI=1S/C24H31FN4O3S/c1-20(24(30)28-13-11-26(12-14-28)19-21-7-3-2-4-8-21)27-15-17-29(18-16-27)33(31,32)23-10-6-5-9-22(23)25/h2-10,20H,11-19H2,1H3. The Morgan fingerprint density at radius 3 is 2.12 bits per heavy atom. The minimum atomic E-state index is -3.88. The molecule has 1 amide bonds. The van der Waals surface area contributed by atoms with Crippen LogP contribution in [0.4, 0.5) is 4.39 Å². The summed E-state index contributed by atoms with van der Waals surface area (Å²) in [6.45, 7) is 7.18. The molecule has 1 unspecified atom stereocenters. The second-order valence-electron chi connectivity index (χ2n) is 8.63. The smallest absolute Gasteiger partial charge is 0.246 e. The van der Waals surface area contributed by atoms with Gasteiger partial charge in [0.2, 0.25) is 15.9 Å². The van der Waals surface area contributed by atoms with Crippen molar-refractivity contribution in [2.75, 3.05) is 52.4 Å². The van der Waals surface area contributed by atoms with Crippen LogP contribution in [0.3, 0.4) is 0 Å². The minimum Gasteiger partial charge on any atom is -0.339 e. The Morgan fingerprint density at radius 2 is 1.48 bits per heavy atom. The lowest BCUT2D eigenvalue weighted by Crippen LogP contribution is -2.57. The molecule has 2 aromatic rings. The first kappa shape index (κ1) is 23.8. The molecule has 1 atom stereocenters. The van der Waals surface area contributed by atoms with Crippen molar-refractivity contribution >= 4 is 15.9 Å². The van der Waals surface area contributed by atoms with Gasteiger partial charge in [0.15, 0.2) is 0 Å². The highest BCUT2D eigenvalue weighted by molar-refractivity contribution is 7.89. The molecule has 4 rings (SSSR count). The summed E-state index contributed by atoms with van der Waals surface area (Å²) in [7, 11) is -3.88. The molecule has 2 heterocycles. The predicted octanol–water partition coefficient (Wildman–Crippen LogP) is 1.86. The van der Waals surface area contributed by atoms with Crippen molar-refractivity contribution < 1.29 is 17.6 Å². The Kier molecular flexibility index (Phi) is 7.43. The van der Waals surface area contributed by atoms with Crippen LogP contribution in [0.2, 0.25) is 0 Å². The van der Waals surface area contributed by atoms with E-state index in [0.29, 0.717) is 26.2 Å². The molecule has 2 aromatic carbocycles. The van der Waals surface area contributed by atoms with Crippen molar-refractivity contribution in [2.24, 2.45) is 0 Å². The lowest BCUT2D eigenvalue weighted by Gasteiger charge is -2.40. The van der Waals surface area contributed by atoms with E-state index in [2.05, 4.69) is 17.0 Å². The maximum absolute atomic E-state index is 14.0. The summed E-state index contributed by atoms with van der Waals surface area (Å²) in [5.41, 5.74) is 1.27. The number of amides is 1. The Labute approximate surface area is 195 Å². The number of carbonyl (C=O) groups is 1. The molecule has 0 aliphatic carbocycles. The molecule has 0 aromatic heterocycles. The maximum Gasteiger partial charge on any atom is 0.246 e. The third-order valence-electron chi connectivity index (χ3n) is 6.57. The Balaban J connectivity index is 1.28. The molecule has 9 heteroatoms. The fourth-order valence-corrected chi connectivity index (χ4v) is 6.00. The van der Waals surface area contributed by atoms with Gasteiger partial charge in [-0.15, -0.1) is 0 Å². The van der Waals surface area contributed by atoms with Crippen LogP contribution in [0.15, 0.2) is 59.5 Å². The predicted molar refractivity (Wildman–Crippen MR) is 124 cm³/mol. The van der Waals surface area contributed by atoms with Crippen LogP contribution in [-0.4, -0.2) is 91.7 Å². The van der Waals surface area contributed by atoms with E-state index in [-0.39, 0.29) is 29.9 Å². The zero-order valence-electron chi connectivity index (χ0n) is 18.9. The van der Waals surface area contributed by atoms with Crippen LogP contribution in [0.5, 0.6) is 0 Å². The van der Waals surface area contributed by atoms with Crippen LogP contribution in [0.25, 0.3) is 0 Å². The molecule has 7 nitrogen and oxygen atoms in total. The summed E-state index contributed by atoms with van der Waals surface area (Å²) in [5.74, 6) is -0.658. The number of sulfonamides is 1. The van der Waals surface area contributed by atoms with Crippen LogP contribution in [-0.2, 0) is 21.4 Å². The van der Waals surface area contributed by atoms with Crippen LogP contribution >= 0.6 is 0 Å². The quantitative estimate of drug-likeness (QED) is 0.640. The molecule has 0 radical (unpaired) electrons. The van der Waals surface area contributed by atoms with Gasteiger partial charge in [-0.1, -0.05) is 42.5 Å². The lowest BCUT2D eigenvalue weighted by atomic mass is 10.1. The number of hydrogen-bond donors (Lipinski definition) is 0. The zero-order chi connectivity index (χ0) is 23.4. The largest absolute Gasteiger partial charge is 0.339 e. The third-order valence-corrected chi connectivity index (χ3v) is 8.50. The highest BCUT2D eigenvalue weighted by Crippen LogP contribution is 2.21. The number of piperazine rings is 2. The summed E-state index contributed by atoms with van der Waals surface area (Å²) in [4.78, 5) is 19.1. The topological polar surface area (TPSA) is 64.2 Å². The Bertz CT molecular complexity index is 1050. The number of hydrogen-bond acceptors (Lipinski definition) is 5. The number of rotatable bonds is 6. The number of carbonyl (C=O) groups excluding carboxylic acids is 1. The molecule has 2 saturated heterocycles. The van der Waals surface area contributed by atoms with Crippen LogP contribution in [0.1, 0.15) is 12.5 Å². The van der Waals surface area contributed by atoms with Crippen molar-refractivity contribution in [3.8, 4) is 0 Å². The van der Waals surface area contributed by atoms with Gasteiger partial charge in [-0.3, -0.25) is 14.6 Å². The van der Waals surface area contributed by atoms with Gasteiger partial charge in [-0.05, 0) is 24.6 Å². The van der Waals surface area contributed by atoms with Gasteiger partial charge in [0.1, 0.15) is 10.7 Å². The molecule has 2 aliphatic rings. The summed E-state index contributed by atoms with van der Waals surface area (Å²) >= 11 is 0. The molecule has 0 bridgehead atoms. The monoisotopic (exact) mass is 474 g/mol. The lowest BCUT2D eigenvalue weighted by molar-refractivity contribution is -0.138. The van der Waals surface area contributed by atoms with Crippen molar-refractivity contribution in [3.05, 3.63) is 66.0 Å². The minimum absolute atomic E-state index is 0.0831. The van der Waals surface area contributed by atoms with E-state index < -0.39 is 15.8 Å². The van der Waals surface area contributed by atoms with E-state index >= 15 is 0 Å². The molecular formula is C24H31FN4O3S. The summed E-state index contributed by atoms with van der Waals surface area (Å²) in [6, 6.07) is 15.5. The molecule has 2 aliphatic heterocycles. The normalized spacial score (nSPS) is 20.0. The average Bonchev–Trinajstić information content (AvgIpc) is 2.84. The van der Waals surface area contributed by atoms with Crippen LogP contribution < -0.4 is 0 Å². The number of halogens is 1. The van der Waals surface area contributed by atoms with E-state index in [1.165, 1.54) is 28.1 Å². The van der Waals surface area contributed by atoms with Crippen LogP contribution in [0, 0.1) is 5.82 Å². The first-order chi connectivity index (χ1) is 15.9. The Hall–Kier alpha value is -2.33. The molecule has 33 heavy (non-hydrogen) atoms. The first-order valence-electron chi connectivity index (χ1n) is 11.4. The van der Waals surface area contributed by atoms with Gasteiger partial charge in [0, 0.05) is 58.9 Å². The van der Waals surface area contributed by atoms with Gasteiger partial charge >= 0.3 is 0 Å². The zero-order valence-corrected chi connectivity index (χ0v) is 19.8. The fraction of sp³-hybridized carbons (Fsp3) is 0.458. The highest BCUT2D eigenvalue weighted by atomic mass is 32.2. The van der Waals surface area contributed by atoms with E-state index in [4.69, 9.17) is 0 Å². The summed E-state index contributed by atoms with van der Waals surface area (Å²) in [6.07, 6.45) is 0. The highest BCUT2D eigenvalue weighted by Gasteiger charge is 2.34. The number of nitrogens with zero attached hydrogens (tertiary/aromatic N) is 4. The van der Waals surface area contributed by atoms with Gasteiger partial charge in [0.25, 0.3) is 0 Å². The summed E-state index contributed by atoms with van der Waals surface area (Å²) < 4.78 is 41.0. The first-order valence-corrected chi connectivity index (χ1v) is 12.8. The van der Waals surface area contributed by atoms with E-state index in [9.17, 15) is 17.6 Å². The van der Waals surface area contributed by atoms with Gasteiger partial charge in [-0.2, -0.15) is 4.31 Å². The fourth-order valence-electron chi connectivity index (χ4n) is 4.51. The molecule has 0 N–H and O–H groups in total. The van der Waals surface area contributed by atoms with Crippen molar-refractivity contribution in [1.82, 2.24) is 19.0 Å². The van der Waals surface area contributed by atoms with E-state index in [1.807, 2.05) is 34.9 Å². The van der Waals surface area contributed by atoms with E-state index in [1.54, 1.807) is 0 Å². The van der Waals surface area contributed by atoms with Gasteiger partial charge < -0.3 is 4.90 Å². The SMILES string of the molecule is CC(C(=O)N1CCN(Cc2ccccc2)CC1)N1CCN(S(=O)(=O)c2ccccc2F)CC1. The van der Waals surface area contributed by atoms with Crippen molar-refractivity contribution in [1.29, 1.82) is 0 Å². The van der Waals surface area contributed by atoms with Crippen molar-refractivity contribution in [2.45, 2.75) is 24.4 Å². The van der Waals surface area contributed by atoms with E-state index in [0.717, 1.165) is 25.7 Å². The molecule has 178 valence electrons.